The van der Waals surface area contributed by atoms with Crippen molar-refractivity contribution in [2.75, 3.05) is 0 Å². The van der Waals surface area contributed by atoms with Gasteiger partial charge in [-0.15, -0.1) is 0 Å². The van der Waals surface area contributed by atoms with Crippen molar-refractivity contribution >= 4 is 7.91 Å². The quantitative estimate of drug-likeness (QED) is 0.380. The van der Waals surface area contributed by atoms with Gasteiger partial charge in [0.15, 0.2) is 0 Å². The fourth-order valence-corrected chi connectivity index (χ4v) is 0.868. The molecule has 0 rings (SSSR count). The maximum absolute atomic E-state index is 11.6. The Bertz CT molecular complexity index is 126. The van der Waals surface area contributed by atoms with Gasteiger partial charge in [-0.2, -0.15) is 4.20 Å². The number of halogens is 1. The summed E-state index contributed by atoms with van der Waals surface area (Å²) >= 11 is 0. The predicted octanol–water partition coefficient (Wildman–Crippen LogP) is -1.76. The molecule has 0 aromatic heterocycles. The Morgan fingerprint density at radius 1 is 1.80 bits per heavy atom. The molecule has 3 nitrogen and oxygen atoms in total. The Morgan fingerprint density at radius 3 is 2.30 bits per heavy atom. The maximum Gasteiger partial charge on any atom is 1.00 e. The van der Waals surface area contributed by atoms with Crippen LogP contribution in [0.5, 0.6) is 0 Å². The van der Waals surface area contributed by atoms with Crippen molar-refractivity contribution in [3.05, 3.63) is 0 Å². The van der Waals surface area contributed by atoms with Gasteiger partial charge in [0.2, 0.25) is 0 Å². The molecule has 0 aliphatic rings. The third-order valence-electron chi connectivity index (χ3n) is 0.881. The van der Waals surface area contributed by atoms with Crippen LogP contribution in [0.15, 0.2) is 0 Å². The van der Waals surface area contributed by atoms with Gasteiger partial charge in [-0.05, 0) is 13.3 Å². The van der Waals surface area contributed by atoms with Crippen LogP contribution in [-0.2, 0) is 9.09 Å². The molecule has 0 aromatic rings. The van der Waals surface area contributed by atoms with E-state index in [1.165, 1.54) is 6.92 Å². The molecule has 0 heterocycles. The minimum atomic E-state index is -4.99. The molecule has 0 radical (unpaired) electrons. The molecule has 2 unspecified atom stereocenters. The molecule has 10 heavy (non-hydrogen) atoms. The van der Waals surface area contributed by atoms with Gasteiger partial charge in [-0.25, -0.2) is 0 Å². The van der Waals surface area contributed by atoms with Crippen molar-refractivity contribution in [3.63, 3.8) is 0 Å². The second kappa shape index (κ2) is 5.70. The zero-order valence-electron chi connectivity index (χ0n) is 6.33. The average molecular weight is 178 g/mol. The van der Waals surface area contributed by atoms with Crippen molar-refractivity contribution in [2.24, 2.45) is 0 Å². The summed E-state index contributed by atoms with van der Waals surface area (Å²) in [6, 6.07) is 0. The Morgan fingerprint density at radius 2 is 2.20 bits per heavy atom. The summed E-state index contributed by atoms with van der Waals surface area (Å²) in [4.78, 5) is 9.74. The van der Waals surface area contributed by atoms with Crippen LogP contribution >= 0.6 is 7.91 Å². The summed E-state index contributed by atoms with van der Waals surface area (Å²) in [5.41, 5.74) is 0. The molecule has 0 fully saturated rings. The van der Waals surface area contributed by atoms with Gasteiger partial charge >= 0.3 is 37.5 Å². The first-order chi connectivity index (χ1) is 3.95. The van der Waals surface area contributed by atoms with E-state index in [0.29, 0.717) is 6.42 Å². The summed E-state index contributed by atoms with van der Waals surface area (Å²) in [6.07, 6.45) is -0.0748. The smallest absolute Gasteiger partial charge is 0.753 e. The van der Waals surface area contributed by atoms with Crippen LogP contribution < -0.4 is 34.5 Å². The van der Waals surface area contributed by atoms with Crippen molar-refractivity contribution < 1.29 is 47.7 Å². The maximum atomic E-state index is 11.6. The van der Waals surface area contributed by atoms with Gasteiger partial charge in [0.05, 0.1) is 6.10 Å². The molecule has 0 saturated heterocycles. The molecule has 0 aliphatic carbocycles. The molecule has 6 heteroatoms. The van der Waals surface area contributed by atoms with Crippen molar-refractivity contribution in [1.82, 2.24) is 0 Å². The second-order valence-electron chi connectivity index (χ2n) is 1.75. The summed E-state index contributed by atoms with van der Waals surface area (Å²) < 4.78 is 25.3. The Labute approximate surface area is 81.9 Å². The van der Waals surface area contributed by atoms with E-state index in [-0.39, 0.29) is 29.6 Å². The van der Waals surface area contributed by atoms with E-state index in [4.69, 9.17) is 0 Å². The molecular weight excluding hydrogens is 169 g/mol. The molecule has 2 atom stereocenters. The van der Waals surface area contributed by atoms with E-state index < -0.39 is 14.0 Å². The number of hydrogen-bond acceptors (Lipinski definition) is 3. The fraction of sp³-hybridized carbons (Fsp3) is 1.00. The molecule has 0 N–H and O–H groups in total. The Balaban J connectivity index is 0. The first-order valence-corrected chi connectivity index (χ1v) is 4.08. The van der Waals surface area contributed by atoms with Crippen LogP contribution in [0.4, 0.5) is 4.20 Å². The predicted molar refractivity (Wildman–Crippen MR) is 29.6 cm³/mol. The van der Waals surface area contributed by atoms with Crippen LogP contribution in [0.25, 0.3) is 0 Å². The first-order valence-electron chi connectivity index (χ1n) is 2.65. The fourth-order valence-electron chi connectivity index (χ4n) is 0.289. The van der Waals surface area contributed by atoms with E-state index in [1.54, 1.807) is 6.92 Å². The van der Waals surface area contributed by atoms with E-state index in [9.17, 15) is 13.7 Å². The van der Waals surface area contributed by atoms with E-state index in [0.717, 1.165) is 0 Å². The molecular formula is C4H9FNaO3P. The van der Waals surface area contributed by atoms with Gasteiger partial charge in [0.1, 0.15) is 0 Å². The molecule has 0 bridgehead atoms. The molecule has 0 aliphatic heterocycles. The van der Waals surface area contributed by atoms with Crippen molar-refractivity contribution in [2.45, 2.75) is 26.4 Å². The van der Waals surface area contributed by atoms with Gasteiger partial charge < -0.3 is 9.42 Å². The molecule has 0 aromatic carbocycles. The largest absolute Gasteiger partial charge is 1.00 e. The molecule has 0 saturated carbocycles. The molecule has 56 valence electrons. The van der Waals surface area contributed by atoms with Gasteiger partial charge in [-0.1, -0.05) is 6.92 Å². The van der Waals surface area contributed by atoms with Gasteiger partial charge in [0, 0.05) is 0 Å². The third kappa shape index (κ3) is 9.08. The SMILES string of the molecule is CCC(C)OP(=O)([O-])F.[Na+]. The minimum absolute atomic E-state index is 0. The first kappa shape index (κ1) is 13.7. The van der Waals surface area contributed by atoms with E-state index >= 15 is 0 Å². The van der Waals surface area contributed by atoms with Gasteiger partial charge in [0.25, 0.3) is 0 Å². The molecule has 0 spiro atoms. The van der Waals surface area contributed by atoms with Crippen LogP contribution in [-0.4, -0.2) is 6.10 Å². The molecule has 0 amide bonds. The summed E-state index contributed by atoms with van der Waals surface area (Å²) in [5.74, 6) is 0. The Kier molecular flexibility index (Phi) is 7.78. The van der Waals surface area contributed by atoms with Gasteiger partial charge in [-0.3, -0.25) is 4.57 Å². The van der Waals surface area contributed by atoms with Crippen LogP contribution in [0.3, 0.4) is 0 Å². The third-order valence-corrected chi connectivity index (χ3v) is 1.49. The monoisotopic (exact) mass is 178 g/mol. The summed E-state index contributed by atoms with van der Waals surface area (Å²) in [5, 5.41) is 0. The summed E-state index contributed by atoms with van der Waals surface area (Å²) in [7, 11) is -4.99. The average Bonchev–Trinajstić information content (AvgIpc) is 1.62. The zero-order chi connectivity index (χ0) is 7.49. The van der Waals surface area contributed by atoms with E-state index in [2.05, 4.69) is 4.52 Å². The number of rotatable bonds is 3. The second-order valence-corrected chi connectivity index (χ2v) is 2.83. The van der Waals surface area contributed by atoms with Crippen LogP contribution in [0.1, 0.15) is 20.3 Å². The topological polar surface area (TPSA) is 49.4 Å². The normalized spacial score (nSPS) is 18.8. The standard InChI is InChI=1S/C4H10FO3P.Na/c1-3-4(2)8-9(5,6)7;/h4H,3H2,1-2H3,(H,6,7);/q;+1/p-1. The summed E-state index contributed by atoms with van der Waals surface area (Å²) in [6.45, 7) is 3.20. The van der Waals surface area contributed by atoms with Crippen molar-refractivity contribution in [3.8, 4) is 0 Å². The van der Waals surface area contributed by atoms with Crippen LogP contribution in [0, 0.1) is 0 Å². The van der Waals surface area contributed by atoms with Crippen LogP contribution in [0.2, 0.25) is 0 Å². The minimum Gasteiger partial charge on any atom is -0.753 e. The van der Waals surface area contributed by atoms with Crippen molar-refractivity contribution in [1.29, 1.82) is 0 Å². The Hall–Kier alpha value is 1.08. The number of hydrogen-bond donors (Lipinski definition) is 0. The van der Waals surface area contributed by atoms with E-state index in [1.807, 2.05) is 0 Å². The zero-order valence-corrected chi connectivity index (χ0v) is 9.23.